The Bertz CT molecular complexity index is 1360. The van der Waals surface area contributed by atoms with E-state index >= 15 is 0 Å². The van der Waals surface area contributed by atoms with E-state index in [1.807, 2.05) is 0 Å². The van der Waals surface area contributed by atoms with E-state index in [9.17, 15) is 26.7 Å². The van der Waals surface area contributed by atoms with Crippen LogP contribution in [0.4, 0.5) is 27.6 Å². The topological polar surface area (TPSA) is 71.8 Å². The molecule has 2 atom stereocenters. The summed E-state index contributed by atoms with van der Waals surface area (Å²) in [6.45, 7) is -1.36. The summed E-state index contributed by atoms with van der Waals surface area (Å²) in [6.07, 6.45) is -1.06. The Labute approximate surface area is 218 Å². The first-order chi connectivity index (χ1) is 17.4. The van der Waals surface area contributed by atoms with Crippen LogP contribution in [0.15, 0.2) is 24.4 Å². The number of fused-ring (bicyclic) bond motifs is 2. The zero-order valence-electron chi connectivity index (χ0n) is 19.3. The predicted octanol–water partition coefficient (Wildman–Crippen LogP) is 6.49. The number of halogens is 7. The molecule has 198 valence electrons. The molecule has 2 aromatic heterocycles. The van der Waals surface area contributed by atoms with Gasteiger partial charge in [0.15, 0.2) is 5.15 Å². The molecular formula is C24H22Cl2F5N5O. The van der Waals surface area contributed by atoms with Gasteiger partial charge >= 0.3 is 6.18 Å². The van der Waals surface area contributed by atoms with Crippen molar-refractivity contribution in [2.24, 2.45) is 0 Å². The molecule has 0 unspecified atom stereocenters. The molecular weight excluding hydrogens is 540 g/mol. The van der Waals surface area contributed by atoms with E-state index in [1.54, 1.807) is 18.2 Å². The molecule has 0 spiro atoms. The van der Waals surface area contributed by atoms with Gasteiger partial charge in [-0.25, -0.2) is 4.98 Å². The van der Waals surface area contributed by atoms with Crippen LogP contribution in [0.2, 0.25) is 10.2 Å². The number of amides is 1. The first-order valence-corrected chi connectivity index (χ1v) is 12.5. The number of nitrogens with zero attached hydrogens (tertiary/aromatic N) is 3. The highest BCUT2D eigenvalue weighted by atomic mass is 35.5. The first kappa shape index (κ1) is 26.0. The van der Waals surface area contributed by atoms with E-state index in [0.29, 0.717) is 44.7 Å². The average molecular weight is 562 g/mol. The van der Waals surface area contributed by atoms with Gasteiger partial charge in [0.25, 0.3) is 11.8 Å². The van der Waals surface area contributed by atoms with Crippen LogP contribution < -0.4 is 10.6 Å². The molecule has 2 aliphatic rings. The van der Waals surface area contributed by atoms with Gasteiger partial charge in [-0.05, 0) is 50.3 Å². The second-order valence-corrected chi connectivity index (χ2v) is 10.3. The Kier molecular flexibility index (Phi) is 6.72. The molecule has 0 bridgehead atoms. The fourth-order valence-electron chi connectivity index (χ4n) is 5.12. The number of anilines is 1. The standard InChI is InChI=1S/C24H22Cl2F5N5O/c25-12-4-5-18-16(8-12)19(15-6-7-23(27,28)20(15)34-18)32-13-2-1-3-14(9-13)33-22(37)17-10-36(35-21(17)26)11-24(29,30)31/h4-5,8,10,13-14H,1-3,6-7,9,11H2,(H,32,34)(H,33,37)/t13-,14+/m0/s1. The quantitative estimate of drug-likeness (QED) is 0.349. The molecule has 1 aromatic carbocycles. The van der Waals surface area contributed by atoms with E-state index in [2.05, 4.69) is 20.7 Å². The summed E-state index contributed by atoms with van der Waals surface area (Å²) < 4.78 is 67.7. The van der Waals surface area contributed by atoms with Crippen LogP contribution in [0.5, 0.6) is 0 Å². The Hall–Kier alpha value is -2.66. The Morgan fingerprint density at radius 2 is 1.95 bits per heavy atom. The van der Waals surface area contributed by atoms with Crippen molar-refractivity contribution in [3.05, 3.63) is 51.4 Å². The maximum Gasteiger partial charge on any atom is 0.408 e. The second-order valence-electron chi connectivity index (χ2n) is 9.50. The monoisotopic (exact) mass is 561 g/mol. The van der Waals surface area contributed by atoms with Crippen LogP contribution in [0.1, 0.15) is 53.7 Å². The largest absolute Gasteiger partial charge is 0.408 e. The molecule has 3 aromatic rings. The van der Waals surface area contributed by atoms with E-state index in [4.69, 9.17) is 23.2 Å². The fourth-order valence-corrected chi connectivity index (χ4v) is 5.52. The van der Waals surface area contributed by atoms with Gasteiger partial charge in [-0.1, -0.05) is 23.2 Å². The van der Waals surface area contributed by atoms with Crippen molar-refractivity contribution in [2.75, 3.05) is 5.32 Å². The lowest BCUT2D eigenvalue weighted by molar-refractivity contribution is -0.142. The first-order valence-electron chi connectivity index (χ1n) is 11.8. The number of pyridine rings is 1. The minimum absolute atomic E-state index is 0.143. The third-order valence-electron chi connectivity index (χ3n) is 6.74. The van der Waals surface area contributed by atoms with Crippen molar-refractivity contribution in [3.63, 3.8) is 0 Å². The minimum atomic E-state index is -4.50. The van der Waals surface area contributed by atoms with Crippen molar-refractivity contribution in [1.29, 1.82) is 0 Å². The van der Waals surface area contributed by atoms with E-state index in [-0.39, 0.29) is 41.3 Å². The van der Waals surface area contributed by atoms with Crippen LogP contribution in [0, 0.1) is 0 Å². The van der Waals surface area contributed by atoms with Gasteiger partial charge in [0.2, 0.25) is 0 Å². The molecule has 5 rings (SSSR count). The van der Waals surface area contributed by atoms with Crippen molar-refractivity contribution in [2.45, 2.75) is 69.3 Å². The lowest BCUT2D eigenvalue weighted by Crippen LogP contribution is -2.42. The molecule has 2 heterocycles. The number of carbonyl (C=O) groups is 1. The van der Waals surface area contributed by atoms with Crippen molar-refractivity contribution < 1.29 is 26.7 Å². The van der Waals surface area contributed by atoms with Gasteiger partial charge in [0.1, 0.15) is 12.2 Å². The molecule has 6 nitrogen and oxygen atoms in total. The van der Waals surface area contributed by atoms with Crippen molar-refractivity contribution >= 4 is 45.7 Å². The van der Waals surface area contributed by atoms with Gasteiger partial charge < -0.3 is 10.6 Å². The number of carbonyl (C=O) groups excluding carboxylic acids is 1. The highest BCUT2D eigenvalue weighted by Crippen LogP contribution is 2.46. The molecule has 37 heavy (non-hydrogen) atoms. The van der Waals surface area contributed by atoms with Gasteiger partial charge in [-0.2, -0.15) is 27.1 Å². The highest BCUT2D eigenvalue weighted by Gasteiger charge is 2.43. The Morgan fingerprint density at radius 3 is 2.70 bits per heavy atom. The van der Waals surface area contributed by atoms with Gasteiger partial charge in [-0.15, -0.1) is 0 Å². The summed E-state index contributed by atoms with van der Waals surface area (Å²) in [6, 6.07) is 4.47. The average Bonchev–Trinajstić information content (AvgIpc) is 3.31. The number of nitrogens with one attached hydrogen (secondary N) is 2. The number of hydrogen-bond donors (Lipinski definition) is 2. The second kappa shape index (κ2) is 9.58. The van der Waals surface area contributed by atoms with Crippen LogP contribution in [-0.4, -0.2) is 38.9 Å². The molecule has 0 radical (unpaired) electrons. The van der Waals surface area contributed by atoms with Gasteiger partial charge in [0.05, 0.1) is 11.1 Å². The smallest absolute Gasteiger partial charge is 0.381 e. The van der Waals surface area contributed by atoms with Crippen LogP contribution in [0.25, 0.3) is 10.9 Å². The molecule has 13 heteroatoms. The fraction of sp³-hybridized carbons (Fsp3) is 0.458. The number of rotatable bonds is 5. The predicted molar refractivity (Wildman–Crippen MR) is 129 cm³/mol. The summed E-state index contributed by atoms with van der Waals surface area (Å²) in [5.74, 6) is -3.64. The zero-order valence-corrected chi connectivity index (χ0v) is 20.8. The molecule has 1 saturated carbocycles. The Balaban J connectivity index is 1.34. The third-order valence-corrected chi connectivity index (χ3v) is 7.26. The molecule has 0 aliphatic heterocycles. The number of benzene rings is 1. The minimum Gasteiger partial charge on any atom is -0.381 e. The lowest BCUT2D eigenvalue weighted by Gasteiger charge is -2.32. The van der Waals surface area contributed by atoms with Crippen molar-refractivity contribution in [1.82, 2.24) is 20.1 Å². The number of hydrogen-bond acceptors (Lipinski definition) is 4. The maximum absolute atomic E-state index is 14.6. The SMILES string of the molecule is O=C(N[C@@H]1CCC[C@H](Nc2c3c(nc4ccc(Cl)cc24)C(F)(F)CC3)C1)c1cn(CC(F)(F)F)nc1Cl. The molecule has 0 saturated heterocycles. The summed E-state index contributed by atoms with van der Waals surface area (Å²) in [5, 5.41) is 10.6. The maximum atomic E-state index is 14.6. The third kappa shape index (κ3) is 5.47. The van der Waals surface area contributed by atoms with E-state index < -0.39 is 24.6 Å². The summed E-state index contributed by atoms with van der Waals surface area (Å²) >= 11 is 12.1. The summed E-state index contributed by atoms with van der Waals surface area (Å²) in [4.78, 5) is 17.0. The van der Waals surface area contributed by atoms with E-state index in [0.717, 1.165) is 19.0 Å². The van der Waals surface area contributed by atoms with Crippen LogP contribution >= 0.6 is 23.2 Å². The van der Waals surface area contributed by atoms with E-state index in [1.165, 1.54) is 0 Å². The Morgan fingerprint density at radius 1 is 1.19 bits per heavy atom. The molecule has 1 amide bonds. The molecule has 1 fully saturated rings. The van der Waals surface area contributed by atoms with Gasteiger partial charge in [0, 0.05) is 46.4 Å². The van der Waals surface area contributed by atoms with Crippen LogP contribution in [-0.2, 0) is 18.9 Å². The molecule has 2 aliphatic carbocycles. The summed E-state index contributed by atoms with van der Waals surface area (Å²) in [5.41, 5.74) is 1.09. The zero-order chi connectivity index (χ0) is 26.5. The molecule has 2 N–H and O–H groups in total. The number of aromatic nitrogens is 3. The van der Waals surface area contributed by atoms with Gasteiger partial charge in [-0.3, -0.25) is 9.48 Å². The van der Waals surface area contributed by atoms with Crippen LogP contribution in [0.3, 0.4) is 0 Å². The highest BCUT2D eigenvalue weighted by molar-refractivity contribution is 6.32. The van der Waals surface area contributed by atoms with Crippen molar-refractivity contribution in [3.8, 4) is 0 Å². The number of alkyl halides is 5. The normalized spacial score (nSPS) is 21.2. The lowest BCUT2D eigenvalue weighted by atomic mass is 9.90. The summed E-state index contributed by atoms with van der Waals surface area (Å²) in [7, 11) is 0.